The largest absolute Gasteiger partial charge is 0.342 e. The predicted molar refractivity (Wildman–Crippen MR) is 93.2 cm³/mol. The maximum absolute atomic E-state index is 13.4. The number of carbonyl (C=O) groups is 1. The lowest BCUT2D eigenvalue weighted by atomic mass is 9.92. The normalized spacial score (nSPS) is 28.6. The van der Waals surface area contributed by atoms with Crippen LogP contribution in [0.2, 0.25) is 0 Å². The molecule has 3 aliphatic rings. The minimum absolute atomic E-state index is 0.0785. The van der Waals surface area contributed by atoms with Gasteiger partial charge in [-0.25, -0.2) is 13.8 Å². The lowest BCUT2D eigenvalue weighted by molar-refractivity contribution is -0.134. The highest BCUT2D eigenvalue weighted by Gasteiger charge is 2.55. The van der Waals surface area contributed by atoms with Crippen molar-refractivity contribution in [2.24, 2.45) is 17.8 Å². The van der Waals surface area contributed by atoms with E-state index in [0.717, 1.165) is 17.4 Å². The first kappa shape index (κ1) is 17.0. The Bertz CT molecular complexity index is 849. The maximum atomic E-state index is 13.4. The minimum Gasteiger partial charge on any atom is -0.342 e. The standard InChI is InChI=1S/C19H23F2N5O/c20-17(21)15-9-14(24-19-22-10-23-26(15)19)11-5-7-25(8-6-11)18(27)16-12-3-1-2-4-13(12)16/h9-13,16-17H,1-8H2/t12-,13-/m1/s1. The summed E-state index contributed by atoms with van der Waals surface area (Å²) in [5, 5.41) is 3.83. The van der Waals surface area contributed by atoms with E-state index in [2.05, 4.69) is 15.1 Å². The fraction of sp³-hybridized carbons (Fsp3) is 0.684. The van der Waals surface area contributed by atoms with Crippen molar-refractivity contribution in [3.8, 4) is 0 Å². The highest BCUT2D eigenvalue weighted by atomic mass is 19.3. The molecule has 2 aromatic heterocycles. The number of aromatic nitrogens is 4. The molecule has 0 N–H and O–H groups in total. The van der Waals surface area contributed by atoms with E-state index < -0.39 is 6.43 Å². The van der Waals surface area contributed by atoms with Gasteiger partial charge in [-0.15, -0.1) is 0 Å². The zero-order valence-electron chi connectivity index (χ0n) is 15.1. The summed E-state index contributed by atoms with van der Waals surface area (Å²) < 4.78 is 27.8. The Balaban J connectivity index is 1.28. The molecule has 2 saturated carbocycles. The molecular formula is C19H23F2N5O. The van der Waals surface area contributed by atoms with E-state index in [1.807, 2.05) is 4.90 Å². The number of carbonyl (C=O) groups excluding carboxylic acids is 1. The Morgan fingerprint density at radius 2 is 1.81 bits per heavy atom. The number of fused-ring (bicyclic) bond motifs is 2. The Kier molecular flexibility index (Phi) is 4.09. The van der Waals surface area contributed by atoms with Gasteiger partial charge in [0.15, 0.2) is 0 Å². The molecule has 144 valence electrons. The lowest BCUT2D eigenvalue weighted by Gasteiger charge is -2.32. The van der Waals surface area contributed by atoms with Crippen molar-refractivity contribution in [2.45, 2.75) is 50.9 Å². The van der Waals surface area contributed by atoms with E-state index in [-0.39, 0.29) is 23.3 Å². The molecule has 5 rings (SSSR count). The van der Waals surface area contributed by atoms with Gasteiger partial charge in [-0.3, -0.25) is 4.79 Å². The summed E-state index contributed by atoms with van der Waals surface area (Å²) in [5.41, 5.74) is 0.464. The number of hydrogen-bond acceptors (Lipinski definition) is 4. The van der Waals surface area contributed by atoms with E-state index in [1.165, 1.54) is 38.1 Å². The SMILES string of the molecule is O=C(C1[C@@H]2CCCC[C@@H]12)N1CCC(c2cc(C(F)F)n3ncnc3n2)CC1. The molecule has 1 saturated heterocycles. The van der Waals surface area contributed by atoms with Crippen molar-refractivity contribution in [2.75, 3.05) is 13.1 Å². The summed E-state index contributed by atoms with van der Waals surface area (Å²) >= 11 is 0. The first-order valence-electron chi connectivity index (χ1n) is 9.91. The monoisotopic (exact) mass is 375 g/mol. The first-order chi connectivity index (χ1) is 13.1. The third-order valence-corrected chi connectivity index (χ3v) is 6.69. The van der Waals surface area contributed by atoms with Gasteiger partial charge in [0.05, 0.1) is 0 Å². The van der Waals surface area contributed by atoms with Crippen LogP contribution in [0.15, 0.2) is 12.4 Å². The third kappa shape index (κ3) is 2.89. The molecule has 1 aliphatic heterocycles. The fourth-order valence-electron chi connectivity index (χ4n) is 5.18. The Labute approximate surface area is 156 Å². The molecule has 27 heavy (non-hydrogen) atoms. The average Bonchev–Trinajstić information content (AvgIpc) is 3.23. The summed E-state index contributed by atoms with van der Waals surface area (Å²) in [6.07, 6.45) is 5.06. The fourth-order valence-corrected chi connectivity index (χ4v) is 5.18. The summed E-state index contributed by atoms with van der Waals surface area (Å²) in [6.45, 7) is 1.37. The molecule has 2 aliphatic carbocycles. The van der Waals surface area contributed by atoms with Gasteiger partial charge in [-0.1, -0.05) is 12.8 Å². The molecule has 0 bridgehead atoms. The van der Waals surface area contributed by atoms with Crippen LogP contribution in [0, 0.1) is 17.8 Å². The summed E-state index contributed by atoms with van der Waals surface area (Å²) in [7, 11) is 0. The Hall–Kier alpha value is -2.12. The van der Waals surface area contributed by atoms with Crippen LogP contribution in [0.5, 0.6) is 0 Å². The van der Waals surface area contributed by atoms with E-state index in [0.29, 0.717) is 36.5 Å². The van der Waals surface area contributed by atoms with Gasteiger partial charge in [0.1, 0.15) is 12.0 Å². The number of piperidine rings is 1. The van der Waals surface area contributed by atoms with Gasteiger partial charge in [0.25, 0.3) is 12.2 Å². The molecule has 1 amide bonds. The molecule has 0 spiro atoms. The van der Waals surface area contributed by atoms with Gasteiger partial charge in [-0.05, 0) is 43.6 Å². The quantitative estimate of drug-likeness (QED) is 0.826. The summed E-state index contributed by atoms with van der Waals surface area (Å²) in [5.74, 6) is 2.10. The van der Waals surface area contributed by atoms with Crippen LogP contribution < -0.4 is 0 Å². The first-order valence-corrected chi connectivity index (χ1v) is 9.91. The van der Waals surface area contributed by atoms with Crippen LogP contribution in [0.25, 0.3) is 5.78 Å². The molecule has 2 atom stereocenters. The van der Waals surface area contributed by atoms with Crippen molar-refractivity contribution < 1.29 is 13.6 Å². The second-order valence-electron chi connectivity index (χ2n) is 8.12. The van der Waals surface area contributed by atoms with Gasteiger partial charge >= 0.3 is 0 Å². The predicted octanol–water partition coefficient (Wildman–Crippen LogP) is 3.20. The number of nitrogens with zero attached hydrogens (tertiary/aromatic N) is 5. The topological polar surface area (TPSA) is 63.4 Å². The van der Waals surface area contributed by atoms with Crippen LogP contribution in [0.4, 0.5) is 8.78 Å². The van der Waals surface area contributed by atoms with Crippen LogP contribution in [0.1, 0.15) is 62.3 Å². The second kappa shape index (κ2) is 6.49. The molecular weight excluding hydrogens is 352 g/mol. The van der Waals surface area contributed by atoms with Crippen LogP contribution in [-0.4, -0.2) is 43.5 Å². The van der Waals surface area contributed by atoms with Crippen molar-refractivity contribution >= 4 is 11.7 Å². The number of rotatable bonds is 3. The summed E-state index contributed by atoms with van der Waals surface area (Å²) in [4.78, 5) is 23.2. The Morgan fingerprint density at radius 3 is 2.48 bits per heavy atom. The third-order valence-electron chi connectivity index (χ3n) is 6.69. The van der Waals surface area contributed by atoms with E-state index in [1.54, 1.807) is 0 Å². The zero-order chi connectivity index (χ0) is 18.5. The average molecular weight is 375 g/mol. The van der Waals surface area contributed by atoms with Crippen molar-refractivity contribution in [3.05, 3.63) is 23.8 Å². The van der Waals surface area contributed by atoms with Crippen LogP contribution >= 0.6 is 0 Å². The summed E-state index contributed by atoms with van der Waals surface area (Å²) in [6, 6.07) is 1.45. The van der Waals surface area contributed by atoms with Gasteiger partial charge < -0.3 is 4.90 Å². The number of hydrogen-bond donors (Lipinski definition) is 0. The molecule has 3 heterocycles. The maximum Gasteiger partial charge on any atom is 0.280 e. The van der Waals surface area contributed by atoms with E-state index in [4.69, 9.17) is 0 Å². The van der Waals surface area contributed by atoms with Gasteiger partial charge in [0, 0.05) is 30.6 Å². The lowest BCUT2D eigenvalue weighted by Crippen LogP contribution is -2.39. The van der Waals surface area contributed by atoms with Crippen LogP contribution in [-0.2, 0) is 4.79 Å². The molecule has 3 fully saturated rings. The van der Waals surface area contributed by atoms with Gasteiger partial charge in [-0.2, -0.15) is 14.6 Å². The number of alkyl halides is 2. The number of amides is 1. The highest BCUT2D eigenvalue weighted by molar-refractivity contribution is 5.82. The van der Waals surface area contributed by atoms with Crippen molar-refractivity contribution in [1.82, 2.24) is 24.5 Å². The molecule has 0 aromatic carbocycles. The molecule has 0 unspecified atom stereocenters. The van der Waals surface area contributed by atoms with Crippen molar-refractivity contribution in [3.63, 3.8) is 0 Å². The minimum atomic E-state index is -2.63. The van der Waals surface area contributed by atoms with E-state index in [9.17, 15) is 13.6 Å². The van der Waals surface area contributed by atoms with Crippen LogP contribution in [0.3, 0.4) is 0 Å². The zero-order valence-corrected chi connectivity index (χ0v) is 15.1. The smallest absolute Gasteiger partial charge is 0.280 e. The molecule has 8 heteroatoms. The van der Waals surface area contributed by atoms with Gasteiger partial charge in [0.2, 0.25) is 5.91 Å². The number of likely N-dealkylation sites (tertiary alicyclic amines) is 1. The number of halogens is 2. The highest BCUT2D eigenvalue weighted by Crippen LogP contribution is 2.56. The van der Waals surface area contributed by atoms with Crippen molar-refractivity contribution in [1.29, 1.82) is 0 Å². The molecule has 0 radical (unpaired) electrons. The van der Waals surface area contributed by atoms with E-state index >= 15 is 0 Å². The second-order valence-corrected chi connectivity index (χ2v) is 8.12. The molecule has 6 nitrogen and oxygen atoms in total. The Morgan fingerprint density at radius 1 is 1.11 bits per heavy atom. The molecule has 2 aromatic rings.